The Hall–Kier alpha value is 0.400. The van der Waals surface area contributed by atoms with Crippen molar-refractivity contribution in [1.82, 2.24) is 9.62 Å². The second-order valence-electron chi connectivity index (χ2n) is 4.67. The molecule has 0 radical (unpaired) electrons. The Balaban J connectivity index is 2.22. The summed E-state index contributed by atoms with van der Waals surface area (Å²) in [6.07, 6.45) is 0.937. The van der Waals surface area contributed by atoms with E-state index in [4.69, 9.17) is 0 Å². The van der Waals surface area contributed by atoms with Crippen LogP contribution in [0.25, 0.3) is 0 Å². The number of halogens is 1. The maximum atomic E-state index is 12.7. The van der Waals surface area contributed by atoms with Crippen molar-refractivity contribution in [2.45, 2.75) is 30.8 Å². The zero-order chi connectivity index (χ0) is 14.8. The fourth-order valence-electron chi connectivity index (χ4n) is 2.07. The quantitative estimate of drug-likeness (QED) is 0.799. The van der Waals surface area contributed by atoms with E-state index in [1.807, 2.05) is 18.7 Å². The summed E-state index contributed by atoms with van der Waals surface area (Å²) in [4.78, 5) is 1.43. The van der Waals surface area contributed by atoms with Gasteiger partial charge in [0.05, 0.1) is 3.79 Å². The summed E-state index contributed by atoms with van der Waals surface area (Å²) in [6.45, 7) is 3.61. The lowest BCUT2D eigenvalue weighted by atomic mass is 10.3. The zero-order valence-corrected chi connectivity index (χ0v) is 15.6. The fourth-order valence-corrected chi connectivity index (χ4v) is 7.42. The van der Waals surface area contributed by atoms with Crippen molar-refractivity contribution in [2.24, 2.45) is 0 Å². The monoisotopic (exact) mass is 398 g/mol. The SMILES string of the molecule is CCNCc1cc(S(=O)(=O)N(C)C2CCSC2)c(Br)s1. The largest absolute Gasteiger partial charge is 0.312 e. The molecular weight excluding hydrogens is 380 g/mol. The van der Waals surface area contributed by atoms with Gasteiger partial charge in [-0.15, -0.1) is 11.3 Å². The van der Waals surface area contributed by atoms with E-state index in [2.05, 4.69) is 21.2 Å². The number of rotatable bonds is 6. The number of hydrogen-bond acceptors (Lipinski definition) is 5. The van der Waals surface area contributed by atoms with Crippen molar-refractivity contribution < 1.29 is 8.42 Å². The van der Waals surface area contributed by atoms with Gasteiger partial charge in [-0.1, -0.05) is 6.92 Å². The van der Waals surface area contributed by atoms with Crippen LogP contribution >= 0.6 is 39.0 Å². The maximum absolute atomic E-state index is 12.7. The van der Waals surface area contributed by atoms with Crippen LogP contribution in [-0.4, -0.2) is 43.9 Å². The van der Waals surface area contributed by atoms with Gasteiger partial charge in [0.1, 0.15) is 4.90 Å². The van der Waals surface area contributed by atoms with Gasteiger partial charge in [-0.3, -0.25) is 0 Å². The summed E-state index contributed by atoms with van der Waals surface area (Å²) in [7, 11) is -1.71. The number of thioether (sulfide) groups is 1. The molecule has 0 aromatic carbocycles. The highest BCUT2D eigenvalue weighted by Crippen LogP contribution is 2.35. The van der Waals surface area contributed by atoms with Gasteiger partial charge in [-0.2, -0.15) is 16.1 Å². The van der Waals surface area contributed by atoms with Gasteiger partial charge in [0.2, 0.25) is 10.0 Å². The highest BCUT2D eigenvalue weighted by atomic mass is 79.9. The topological polar surface area (TPSA) is 49.4 Å². The highest BCUT2D eigenvalue weighted by molar-refractivity contribution is 9.11. The van der Waals surface area contributed by atoms with E-state index in [0.717, 1.165) is 29.3 Å². The molecule has 0 spiro atoms. The van der Waals surface area contributed by atoms with E-state index in [0.29, 0.717) is 15.2 Å². The Labute approximate surface area is 137 Å². The van der Waals surface area contributed by atoms with Crippen molar-refractivity contribution in [3.05, 3.63) is 14.7 Å². The molecule has 0 aliphatic carbocycles. The smallest absolute Gasteiger partial charge is 0.245 e. The second-order valence-corrected chi connectivity index (χ2v) is 10.2. The van der Waals surface area contributed by atoms with Crippen LogP contribution in [0, 0.1) is 0 Å². The van der Waals surface area contributed by atoms with Crippen LogP contribution in [0.1, 0.15) is 18.2 Å². The Kier molecular flexibility index (Phi) is 5.96. The first-order chi connectivity index (χ1) is 9.46. The Morgan fingerprint density at radius 2 is 2.30 bits per heavy atom. The molecule has 1 unspecified atom stereocenters. The summed E-state index contributed by atoms with van der Waals surface area (Å²) in [5.41, 5.74) is 0. The number of nitrogens with zero attached hydrogens (tertiary/aromatic N) is 1. The Morgan fingerprint density at radius 1 is 1.55 bits per heavy atom. The minimum atomic E-state index is -3.40. The number of thiophene rings is 1. The van der Waals surface area contributed by atoms with Crippen LogP contribution in [0.5, 0.6) is 0 Å². The molecule has 0 bridgehead atoms. The molecule has 114 valence electrons. The maximum Gasteiger partial charge on any atom is 0.245 e. The first kappa shape index (κ1) is 16.8. The number of nitrogens with one attached hydrogen (secondary N) is 1. The third-order valence-electron chi connectivity index (χ3n) is 3.33. The molecule has 1 fully saturated rings. The lowest BCUT2D eigenvalue weighted by Crippen LogP contribution is -2.36. The standard InChI is InChI=1S/C12H19BrN2O2S3/c1-3-14-7-10-6-11(12(13)19-10)20(16,17)15(2)9-4-5-18-8-9/h6,9,14H,3-5,7-8H2,1-2H3. The van der Waals surface area contributed by atoms with E-state index in [1.165, 1.54) is 15.6 Å². The lowest BCUT2D eigenvalue weighted by molar-refractivity contribution is 0.394. The summed E-state index contributed by atoms with van der Waals surface area (Å²) in [5.74, 6) is 1.93. The molecule has 2 rings (SSSR count). The van der Waals surface area contributed by atoms with Crippen molar-refractivity contribution in [3.63, 3.8) is 0 Å². The van der Waals surface area contributed by atoms with E-state index in [-0.39, 0.29) is 6.04 Å². The normalized spacial score (nSPS) is 19.9. The molecule has 1 N–H and O–H groups in total. The summed E-state index contributed by atoms with van der Waals surface area (Å²) in [6, 6.07) is 1.90. The van der Waals surface area contributed by atoms with E-state index in [9.17, 15) is 8.42 Å². The van der Waals surface area contributed by atoms with E-state index in [1.54, 1.807) is 13.1 Å². The van der Waals surface area contributed by atoms with E-state index < -0.39 is 10.0 Å². The van der Waals surface area contributed by atoms with Crippen LogP contribution in [0.4, 0.5) is 0 Å². The minimum absolute atomic E-state index is 0.119. The molecule has 4 nitrogen and oxygen atoms in total. The molecule has 1 aromatic rings. The van der Waals surface area contributed by atoms with Crippen molar-refractivity contribution in [3.8, 4) is 0 Å². The van der Waals surface area contributed by atoms with Crippen molar-refractivity contribution in [2.75, 3.05) is 25.1 Å². The molecule has 20 heavy (non-hydrogen) atoms. The Bertz CT molecular complexity index is 553. The van der Waals surface area contributed by atoms with Crippen LogP contribution in [-0.2, 0) is 16.6 Å². The Morgan fingerprint density at radius 3 is 2.90 bits per heavy atom. The molecule has 8 heteroatoms. The van der Waals surface area contributed by atoms with Crippen molar-refractivity contribution in [1.29, 1.82) is 0 Å². The molecule has 2 heterocycles. The van der Waals surface area contributed by atoms with Crippen LogP contribution in [0.3, 0.4) is 0 Å². The third-order valence-corrected chi connectivity index (χ3v) is 8.64. The molecular formula is C12H19BrN2O2S3. The summed E-state index contributed by atoms with van der Waals surface area (Å²) < 4.78 is 27.6. The molecule has 1 aliphatic heterocycles. The summed E-state index contributed by atoms with van der Waals surface area (Å²) >= 11 is 6.70. The van der Waals surface area contributed by atoms with E-state index >= 15 is 0 Å². The van der Waals surface area contributed by atoms with Gasteiger partial charge in [0, 0.05) is 30.3 Å². The molecule has 1 atom stereocenters. The van der Waals surface area contributed by atoms with Gasteiger partial charge < -0.3 is 5.32 Å². The highest BCUT2D eigenvalue weighted by Gasteiger charge is 2.32. The molecule has 1 aliphatic rings. The van der Waals surface area contributed by atoms with Gasteiger partial charge in [0.25, 0.3) is 0 Å². The predicted octanol–water partition coefficient (Wildman–Crippen LogP) is 2.75. The first-order valence-corrected chi connectivity index (χ1v) is 10.7. The molecule has 1 aromatic heterocycles. The number of sulfonamides is 1. The van der Waals surface area contributed by atoms with Gasteiger partial charge in [0.15, 0.2) is 0 Å². The van der Waals surface area contributed by atoms with Crippen LogP contribution in [0.15, 0.2) is 14.7 Å². The second kappa shape index (κ2) is 7.11. The predicted molar refractivity (Wildman–Crippen MR) is 90.1 cm³/mol. The van der Waals surface area contributed by atoms with Gasteiger partial charge in [-0.25, -0.2) is 8.42 Å². The number of hydrogen-bond donors (Lipinski definition) is 1. The average molecular weight is 399 g/mol. The summed E-state index contributed by atoms with van der Waals surface area (Å²) in [5, 5.41) is 3.22. The minimum Gasteiger partial charge on any atom is -0.312 e. The zero-order valence-electron chi connectivity index (χ0n) is 11.6. The van der Waals surface area contributed by atoms with Crippen molar-refractivity contribution >= 4 is 49.1 Å². The third kappa shape index (κ3) is 3.59. The van der Waals surface area contributed by atoms with Gasteiger partial charge in [-0.05, 0) is 40.7 Å². The first-order valence-electron chi connectivity index (χ1n) is 6.51. The lowest BCUT2D eigenvalue weighted by Gasteiger charge is -2.22. The van der Waals surface area contributed by atoms with Crippen LogP contribution < -0.4 is 5.32 Å². The fraction of sp³-hybridized carbons (Fsp3) is 0.667. The molecule has 0 amide bonds. The molecule has 0 saturated carbocycles. The molecule has 1 saturated heterocycles. The van der Waals surface area contributed by atoms with Crippen LogP contribution in [0.2, 0.25) is 0 Å². The average Bonchev–Trinajstić information content (AvgIpc) is 3.04. The van der Waals surface area contributed by atoms with Gasteiger partial charge >= 0.3 is 0 Å².